The summed E-state index contributed by atoms with van der Waals surface area (Å²) in [4.78, 5) is 2.48. The maximum atomic E-state index is 9.65. The van der Waals surface area contributed by atoms with Gasteiger partial charge in [0.15, 0.2) is 0 Å². The number of para-hydroxylation sites is 3. The van der Waals surface area contributed by atoms with Crippen LogP contribution in [0, 0.1) is 11.3 Å². The molecule has 0 aliphatic carbocycles. The van der Waals surface area contributed by atoms with Crippen LogP contribution in [0.1, 0.15) is 16.7 Å². The monoisotopic (exact) mass is 627 g/mol. The normalized spacial score (nSPS) is 12.7. The van der Waals surface area contributed by atoms with Crippen LogP contribution in [0.15, 0.2) is 156 Å². The Bertz CT molecular complexity index is 2800. The highest BCUT2D eigenvalue weighted by Crippen LogP contribution is 2.41. The Balaban J connectivity index is 1.16. The maximum absolute atomic E-state index is 9.65. The predicted molar refractivity (Wildman–Crippen MR) is 200 cm³/mol. The van der Waals surface area contributed by atoms with E-state index >= 15 is 0 Å². The summed E-state index contributed by atoms with van der Waals surface area (Å²) >= 11 is 0. The van der Waals surface area contributed by atoms with Gasteiger partial charge in [0.05, 0.1) is 22.7 Å². The van der Waals surface area contributed by atoms with Crippen LogP contribution in [-0.2, 0) is 13.1 Å². The summed E-state index contributed by atoms with van der Waals surface area (Å²) in [7, 11) is 0. The molecule has 1 aliphatic heterocycles. The van der Waals surface area contributed by atoms with E-state index in [0.717, 1.165) is 62.5 Å². The van der Waals surface area contributed by atoms with Crippen molar-refractivity contribution in [2.75, 3.05) is 4.90 Å². The Morgan fingerprint density at radius 1 is 0.490 bits per heavy atom. The van der Waals surface area contributed by atoms with Gasteiger partial charge in [0.2, 0.25) is 0 Å². The van der Waals surface area contributed by atoms with Gasteiger partial charge in [0.25, 0.3) is 0 Å². The molecule has 49 heavy (non-hydrogen) atoms. The molecule has 0 N–H and O–H groups in total. The van der Waals surface area contributed by atoms with E-state index < -0.39 is 0 Å². The number of nitriles is 1. The lowest BCUT2D eigenvalue weighted by atomic mass is 9.92. The van der Waals surface area contributed by atoms with Gasteiger partial charge in [-0.15, -0.1) is 0 Å². The summed E-state index contributed by atoms with van der Waals surface area (Å²) in [6.45, 7) is 1.59. The lowest BCUT2D eigenvalue weighted by Gasteiger charge is -2.24. The zero-order chi connectivity index (χ0) is 32.5. The average molecular weight is 628 g/mol. The number of benzene rings is 7. The largest absolute Gasteiger partial charge is 0.456 e. The molecule has 4 heteroatoms. The first-order valence-corrected chi connectivity index (χ1v) is 16.6. The molecule has 3 heterocycles. The third-order valence-corrected chi connectivity index (χ3v) is 10.1. The maximum Gasteiger partial charge on any atom is 0.135 e. The van der Waals surface area contributed by atoms with Crippen molar-refractivity contribution in [3.63, 3.8) is 0 Å². The van der Waals surface area contributed by atoms with Crippen LogP contribution in [0.2, 0.25) is 0 Å². The third kappa shape index (κ3) is 4.37. The van der Waals surface area contributed by atoms with E-state index in [-0.39, 0.29) is 0 Å². The van der Waals surface area contributed by atoms with Gasteiger partial charge in [-0.05, 0) is 106 Å². The Morgan fingerprint density at radius 2 is 1.22 bits per heavy atom. The molecule has 0 saturated heterocycles. The molecule has 0 spiro atoms. The summed E-state index contributed by atoms with van der Waals surface area (Å²) in [6.07, 6.45) is 0. The number of aromatic nitrogens is 1. The zero-order valence-corrected chi connectivity index (χ0v) is 26.6. The first kappa shape index (κ1) is 27.5. The standard InChI is InChI=1S/C45H29N3O/c46-26-29-14-20-43-40(22-29)37-10-4-6-12-42(37)48(43)35-18-15-32-27-47(34-8-2-1-3-9-34)28-33-23-30(16-19-36(33)39(32)25-35)31-17-21-45-41(24-31)38-11-5-7-13-44(38)49-45/h1-25H,27-28H2. The topological polar surface area (TPSA) is 45.1 Å². The van der Waals surface area contributed by atoms with Crippen LogP contribution in [0.25, 0.3) is 71.7 Å². The molecule has 10 rings (SSSR count). The fraction of sp³-hybridized carbons (Fsp3) is 0.0444. The Kier molecular flexibility index (Phi) is 6.03. The van der Waals surface area contributed by atoms with Crippen molar-refractivity contribution >= 4 is 49.4 Å². The Labute approximate surface area is 283 Å². The lowest BCUT2D eigenvalue weighted by Crippen LogP contribution is -2.20. The molecule has 9 aromatic rings. The number of hydrogen-bond donors (Lipinski definition) is 0. The second kappa shape index (κ2) is 10.7. The molecule has 0 fully saturated rings. The van der Waals surface area contributed by atoms with Crippen LogP contribution in [0.4, 0.5) is 5.69 Å². The van der Waals surface area contributed by atoms with Crippen molar-refractivity contribution in [2.24, 2.45) is 0 Å². The van der Waals surface area contributed by atoms with E-state index in [0.29, 0.717) is 5.56 Å². The second-order valence-corrected chi connectivity index (χ2v) is 12.9. The summed E-state index contributed by atoms with van der Waals surface area (Å²) < 4.78 is 8.47. The van der Waals surface area contributed by atoms with Gasteiger partial charge >= 0.3 is 0 Å². The van der Waals surface area contributed by atoms with E-state index in [1.807, 2.05) is 24.3 Å². The molecule has 1 aliphatic rings. The molecular weight excluding hydrogens is 599 g/mol. The molecular formula is C45H29N3O. The van der Waals surface area contributed by atoms with Crippen LogP contribution >= 0.6 is 0 Å². The smallest absolute Gasteiger partial charge is 0.135 e. The van der Waals surface area contributed by atoms with Crippen molar-refractivity contribution in [2.45, 2.75) is 13.1 Å². The first-order valence-electron chi connectivity index (χ1n) is 16.6. The van der Waals surface area contributed by atoms with Crippen LogP contribution < -0.4 is 4.90 Å². The minimum Gasteiger partial charge on any atom is -0.456 e. The molecule has 230 valence electrons. The molecule has 7 aromatic carbocycles. The van der Waals surface area contributed by atoms with E-state index in [1.165, 1.54) is 39.1 Å². The Morgan fingerprint density at radius 3 is 2.12 bits per heavy atom. The van der Waals surface area contributed by atoms with Crippen molar-refractivity contribution in [1.29, 1.82) is 5.26 Å². The van der Waals surface area contributed by atoms with Crippen molar-refractivity contribution < 1.29 is 4.42 Å². The predicted octanol–water partition coefficient (Wildman–Crippen LogP) is 11.4. The molecule has 4 nitrogen and oxygen atoms in total. The molecule has 2 aromatic heterocycles. The zero-order valence-electron chi connectivity index (χ0n) is 26.6. The number of fused-ring (bicyclic) bond motifs is 9. The van der Waals surface area contributed by atoms with E-state index in [4.69, 9.17) is 4.42 Å². The third-order valence-electron chi connectivity index (χ3n) is 10.1. The fourth-order valence-corrected chi connectivity index (χ4v) is 7.77. The van der Waals surface area contributed by atoms with Crippen molar-refractivity contribution in [1.82, 2.24) is 4.57 Å². The molecule has 0 radical (unpaired) electrons. The fourth-order valence-electron chi connectivity index (χ4n) is 7.77. The Hall–Kier alpha value is -6.57. The molecule has 0 atom stereocenters. The van der Waals surface area contributed by atoms with Crippen LogP contribution in [0.5, 0.6) is 0 Å². The average Bonchev–Trinajstić information content (AvgIpc) is 3.64. The van der Waals surface area contributed by atoms with E-state index in [2.05, 4.69) is 143 Å². The van der Waals surface area contributed by atoms with Gasteiger partial charge in [-0.2, -0.15) is 5.26 Å². The summed E-state index contributed by atoms with van der Waals surface area (Å²) in [5.41, 5.74) is 14.5. The number of anilines is 1. The minimum atomic E-state index is 0.670. The molecule has 0 bridgehead atoms. The van der Waals surface area contributed by atoms with Crippen LogP contribution in [0.3, 0.4) is 0 Å². The van der Waals surface area contributed by atoms with Gasteiger partial charge in [-0.1, -0.05) is 78.9 Å². The van der Waals surface area contributed by atoms with Gasteiger partial charge in [0, 0.05) is 46.0 Å². The summed E-state index contributed by atoms with van der Waals surface area (Å²) in [5.74, 6) is 0. The number of nitrogens with zero attached hydrogens (tertiary/aromatic N) is 3. The van der Waals surface area contributed by atoms with E-state index in [9.17, 15) is 5.26 Å². The number of hydrogen-bond acceptors (Lipinski definition) is 3. The molecule has 0 unspecified atom stereocenters. The van der Waals surface area contributed by atoms with Crippen molar-refractivity contribution in [3.05, 3.63) is 168 Å². The van der Waals surface area contributed by atoms with Crippen molar-refractivity contribution in [3.8, 4) is 34.0 Å². The molecule has 0 saturated carbocycles. The highest BCUT2D eigenvalue weighted by atomic mass is 16.3. The number of rotatable bonds is 3. The highest BCUT2D eigenvalue weighted by molar-refractivity contribution is 6.10. The minimum absolute atomic E-state index is 0.670. The van der Waals surface area contributed by atoms with Gasteiger partial charge in [-0.25, -0.2) is 0 Å². The summed E-state index contributed by atoms with van der Waals surface area (Å²) in [6, 6.07) is 56.2. The second-order valence-electron chi connectivity index (χ2n) is 12.9. The van der Waals surface area contributed by atoms with Crippen LogP contribution in [-0.4, -0.2) is 4.57 Å². The first-order chi connectivity index (χ1) is 24.2. The SMILES string of the molecule is N#Cc1ccc2c(c1)c1ccccc1n2-c1ccc2c(c1)-c1ccc(-c3ccc4oc5ccccc5c4c3)cc1CN(c1ccccc1)C2. The number of furan rings is 1. The molecule has 0 amide bonds. The summed E-state index contributed by atoms with van der Waals surface area (Å²) in [5, 5.41) is 14.2. The van der Waals surface area contributed by atoms with Gasteiger partial charge < -0.3 is 13.9 Å². The van der Waals surface area contributed by atoms with Gasteiger partial charge in [-0.3, -0.25) is 0 Å². The van der Waals surface area contributed by atoms with E-state index in [1.54, 1.807) is 0 Å². The quantitative estimate of drug-likeness (QED) is 0.196. The lowest BCUT2D eigenvalue weighted by molar-refractivity contribution is 0.669. The van der Waals surface area contributed by atoms with Gasteiger partial charge in [0.1, 0.15) is 11.2 Å². The highest BCUT2D eigenvalue weighted by Gasteiger charge is 2.22.